The number of rotatable bonds is 2. The molecule has 2 aromatic rings. The third kappa shape index (κ3) is 1.85. The minimum absolute atomic E-state index is 0.0322. The number of phenols is 2. The van der Waals surface area contributed by atoms with Gasteiger partial charge in [0, 0.05) is 30.9 Å². The van der Waals surface area contributed by atoms with Crippen LogP contribution in [0.15, 0.2) is 6.07 Å². The summed E-state index contributed by atoms with van der Waals surface area (Å²) in [5, 5.41) is 32.7. The van der Waals surface area contributed by atoms with Crippen LogP contribution >= 0.6 is 0 Å². The van der Waals surface area contributed by atoms with Crippen LogP contribution in [0.4, 0.5) is 0 Å². The number of ether oxygens (including phenoxy) is 5. The average Bonchev–Trinajstić information content (AvgIpc) is 3.46. The van der Waals surface area contributed by atoms with Crippen molar-refractivity contribution in [1.29, 1.82) is 0 Å². The van der Waals surface area contributed by atoms with Gasteiger partial charge in [-0.25, -0.2) is 0 Å². The second-order valence-electron chi connectivity index (χ2n) is 9.23. The molecule has 10 heteroatoms. The van der Waals surface area contributed by atoms with E-state index in [-0.39, 0.29) is 52.8 Å². The quantitative estimate of drug-likeness (QED) is 0.448. The molecule has 0 saturated carbocycles. The number of aryl methyl sites for hydroxylation is 1. The number of hydrogen-bond donors (Lipinski definition) is 3. The van der Waals surface area contributed by atoms with Crippen LogP contribution in [-0.2, 0) is 18.9 Å². The zero-order chi connectivity index (χ0) is 23.1. The van der Waals surface area contributed by atoms with Crippen molar-refractivity contribution in [2.45, 2.75) is 49.1 Å². The van der Waals surface area contributed by atoms with Gasteiger partial charge in [0.25, 0.3) is 5.79 Å². The van der Waals surface area contributed by atoms with E-state index in [9.17, 15) is 24.9 Å². The number of ketones is 2. The molecule has 4 heterocycles. The Hall–Kier alpha value is -2.76. The Morgan fingerprint density at radius 2 is 1.79 bits per heavy atom. The predicted molar refractivity (Wildman–Crippen MR) is 107 cm³/mol. The lowest BCUT2D eigenvalue weighted by Gasteiger charge is -2.48. The smallest absolute Gasteiger partial charge is 0.276 e. The first-order valence-corrected chi connectivity index (χ1v) is 10.7. The lowest BCUT2D eigenvalue weighted by atomic mass is 9.78. The molecule has 4 aliphatic heterocycles. The maximum Gasteiger partial charge on any atom is 0.276 e. The summed E-state index contributed by atoms with van der Waals surface area (Å²) in [4.78, 5) is 25.2. The summed E-state index contributed by atoms with van der Waals surface area (Å²) in [5.74, 6) is -4.47. The van der Waals surface area contributed by atoms with Crippen molar-refractivity contribution in [2.24, 2.45) is 0 Å². The highest BCUT2D eigenvalue weighted by Gasteiger charge is 2.91. The van der Waals surface area contributed by atoms with E-state index < -0.39 is 53.3 Å². The number of aliphatic hydroxyl groups is 1. The van der Waals surface area contributed by atoms with Gasteiger partial charge in [0.2, 0.25) is 11.4 Å². The number of hydrogen-bond acceptors (Lipinski definition) is 10. The van der Waals surface area contributed by atoms with Crippen LogP contribution in [0.25, 0.3) is 10.8 Å². The van der Waals surface area contributed by atoms with Gasteiger partial charge in [0.05, 0.1) is 23.1 Å². The van der Waals surface area contributed by atoms with Gasteiger partial charge in [-0.3, -0.25) is 9.59 Å². The third-order valence-electron chi connectivity index (χ3n) is 7.82. The first-order chi connectivity index (χ1) is 15.8. The van der Waals surface area contributed by atoms with E-state index in [1.807, 2.05) is 0 Å². The molecule has 172 valence electrons. The normalized spacial score (nSPS) is 37.4. The summed E-state index contributed by atoms with van der Waals surface area (Å²) in [7, 11) is 1.43. The Morgan fingerprint density at radius 3 is 2.39 bits per heavy atom. The number of benzene rings is 2. The zero-order valence-corrected chi connectivity index (χ0v) is 17.8. The number of aliphatic hydroxyl groups excluding tert-OH is 1. The topological polar surface area (TPSA) is 144 Å². The minimum atomic E-state index is -1.50. The van der Waals surface area contributed by atoms with Crippen LogP contribution < -0.4 is 4.74 Å². The van der Waals surface area contributed by atoms with E-state index in [2.05, 4.69) is 0 Å². The van der Waals surface area contributed by atoms with E-state index in [1.165, 1.54) is 7.11 Å². The van der Waals surface area contributed by atoms with Gasteiger partial charge in [-0.05, 0) is 18.6 Å². The fourth-order valence-electron chi connectivity index (χ4n) is 6.25. The van der Waals surface area contributed by atoms with Gasteiger partial charge < -0.3 is 39.0 Å². The second kappa shape index (κ2) is 5.65. The molecule has 33 heavy (non-hydrogen) atoms. The molecule has 0 amide bonds. The number of carbonyl (C=O) groups excluding carboxylic acids is 2. The largest absolute Gasteiger partial charge is 0.507 e. The Bertz CT molecular complexity index is 1330. The van der Waals surface area contributed by atoms with Crippen LogP contribution in [0.1, 0.15) is 50.8 Å². The SMILES string of the molecule is CO[C@@]12Oc3c(c(C)cc4c(O)c5c(c(O)c34)C(=O)CCC5=O)C3OC(CO)(OC31)[C@]21CO1. The predicted octanol–water partition coefficient (Wildman–Crippen LogP) is 1.38. The summed E-state index contributed by atoms with van der Waals surface area (Å²) in [5.41, 5.74) is -0.424. The molecular formula is C23H20O10. The lowest BCUT2D eigenvalue weighted by Crippen LogP contribution is -2.68. The van der Waals surface area contributed by atoms with Crippen LogP contribution in [-0.4, -0.2) is 70.5 Å². The van der Waals surface area contributed by atoms with Crippen LogP contribution in [0.3, 0.4) is 0 Å². The number of fused-ring (bicyclic) bond motifs is 8. The van der Waals surface area contributed by atoms with Crippen molar-refractivity contribution in [3.05, 3.63) is 28.3 Å². The second-order valence-corrected chi connectivity index (χ2v) is 9.23. The Labute approximate surface area is 186 Å². The molecule has 5 atom stereocenters. The van der Waals surface area contributed by atoms with Crippen molar-refractivity contribution in [3.63, 3.8) is 0 Å². The molecule has 0 aromatic heterocycles. The van der Waals surface area contributed by atoms with E-state index in [4.69, 9.17) is 23.7 Å². The summed E-state index contributed by atoms with van der Waals surface area (Å²) >= 11 is 0. The standard InChI is InChI=1S/C23H20O10/c1-8-5-9-13(17(28)15-11(26)4-3-10(25)14(15)16(9)27)18-12(8)19-20-23(29-2,32-18)21(7-30-21)22(6-24,31-19)33-20/h5,19-20,24,27-28H,3-4,6-7H2,1-2H3/t19?,20?,21-,22?,23-/m1/s1. The third-order valence-corrected chi connectivity index (χ3v) is 7.82. The summed E-state index contributed by atoms with van der Waals surface area (Å²) in [6.45, 7) is 1.45. The van der Waals surface area contributed by atoms with Crippen molar-refractivity contribution in [2.75, 3.05) is 20.3 Å². The van der Waals surface area contributed by atoms with E-state index in [0.717, 1.165) is 0 Å². The summed E-state index contributed by atoms with van der Waals surface area (Å²) in [6, 6.07) is 1.61. The van der Waals surface area contributed by atoms with Crippen molar-refractivity contribution < 1.29 is 48.6 Å². The van der Waals surface area contributed by atoms with Gasteiger partial charge >= 0.3 is 0 Å². The Morgan fingerprint density at radius 1 is 1.12 bits per heavy atom. The number of aromatic hydroxyl groups is 2. The minimum Gasteiger partial charge on any atom is -0.507 e. The van der Waals surface area contributed by atoms with Crippen LogP contribution in [0.2, 0.25) is 0 Å². The molecule has 1 aliphatic carbocycles. The first kappa shape index (κ1) is 19.7. The fraction of sp³-hybridized carbons (Fsp3) is 0.478. The van der Waals surface area contributed by atoms with E-state index in [0.29, 0.717) is 11.1 Å². The van der Waals surface area contributed by atoms with Crippen molar-refractivity contribution >= 4 is 22.3 Å². The maximum atomic E-state index is 12.7. The number of carbonyl (C=O) groups is 2. The highest BCUT2D eigenvalue weighted by atomic mass is 16.9. The highest BCUT2D eigenvalue weighted by Crippen LogP contribution is 2.70. The molecule has 5 aliphatic rings. The van der Waals surface area contributed by atoms with Gasteiger partial charge in [-0.15, -0.1) is 0 Å². The molecule has 2 bridgehead atoms. The van der Waals surface area contributed by atoms with Gasteiger partial charge in [0.1, 0.15) is 30.0 Å². The van der Waals surface area contributed by atoms with Crippen molar-refractivity contribution in [3.8, 4) is 17.2 Å². The van der Waals surface area contributed by atoms with Crippen LogP contribution in [0.5, 0.6) is 17.2 Å². The number of Topliss-reactive ketones (excluding diaryl/α,β-unsaturated/α-hetero) is 2. The van der Waals surface area contributed by atoms with Gasteiger partial charge in [0.15, 0.2) is 17.7 Å². The molecule has 3 fully saturated rings. The molecule has 0 radical (unpaired) electrons. The Kier molecular flexibility index (Phi) is 3.37. The number of methoxy groups -OCH3 is 1. The average molecular weight is 456 g/mol. The molecule has 1 spiro atoms. The molecule has 3 saturated heterocycles. The lowest BCUT2D eigenvalue weighted by molar-refractivity contribution is -0.294. The summed E-state index contributed by atoms with van der Waals surface area (Å²) in [6.07, 6.45) is -1.58. The summed E-state index contributed by atoms with van der Waals surface area (Å²) < 4.78 is 30.3. The van der Waals surface area contributed by atoms with E-state index >= 15 is 0 Å². The number of phenolic OH excluding ortho intramolecular Hbond substituents is 2. The molecule has 10 nitrogen and oxygen atoms in total. The Balaban J connectivity index is 1.58. The molecule has 2 aromatic carbocycles. The highest BCUT2D eigenvalue weighted by molar-refractivity contribution is 6.22. The molecule has 3 unspecified atom stereocenters. The molecule has 3 N–H and O–H groups in total. The van der Waals surface area contributed by atoms with Gasteiger partial charge in [-0.1, -0.05) is 0 Å². The van der Waals surface area contributed by atoms with Gasteiger partial charge in [-0.2, -0.15) is 0 Å². The van der Waals surface area contributed by atoms with Crippen molar-refractivity contribution in [1.82, 2.24) is 0 Å². The van der Waals surface area contributed by atoms with Crippen LogP contribution in [0, 0.1) is 6.92 Å². The fourth-order valence-corrected chi connectivity index (χ4v) is 6.25. The first-order valence-electron chi connectivity index (χ1n) is 10.7. The maximum absolute atomic E-state index is 12.7. The molecular weight excluding hydrogens is 436 g/mol. The number of epoxide rings is 1. The van der Waals surface area contributed by atoms with E-state index in [1.54, 1.807) is 13.0 Å². The monoisotopic (exact) mass is 456 g/mol. The molecule has 7 rings (SSSR count). The zero-order valence-electron chi connectivity index (χ0n) is 17.8.